The highest BCUT2D eigenvalue weighted by Gasteiger charge is 2.23. The summed E-state index contributed by atoms with van der Waals surface area (Å²) in [6.45, 7) is 4.44. The number of anilines is 1. The standard InChI is InChI=1S/C22H24FN7O2S/c1-16-4-2-7-19(12-16)30-22(25-26-27-30)33-15-21(32)29-10-8-28(9-11-29)14-20(31)24-18-6-3-5-17(23)13-18/h2-7,12-13H,8-11,14-15H2,1H3,(H,24,31). The van der Waals surface area contributed by atoms with Crippen LogP contribution in [0, 0.1) is 12.7 Å². The van der Waals surface area contributed by atoms with E-state index in [1.807, 2.05) is 36.1 Å². The highest BCUT2D eigenvalue weighted by molar-refractivity contribution is 7.99. The molecule has 1 aromatic heterocycles. The van der Waals surface area contributed by atoms with Crippen molar-refractivity contribution < 1.29 is 14.0 Å². The van der Waals surface area contributed by atoms with Crippen LogP contribution in [0.25, 0.3) is 5.69 Å². The van der Waals surface area contributed by atoms with Crippen LogP contribution in [-0.4, -0.2) is 80.3 Å². The quantitative estimate of drug-likeness (QED) is 0.529. The van der Waals surface area contributed by atoms with E-state index in [1.54, 1.807) is 21.7 Å². The number of tetrazole rings is 1. The molecule has 1 saturated heterocycles. The minimum atomic E-state index is -0.397. The van der Waals surface area contributed by atoms with Gasteiger partial charge in [0.25, 0.3) is 0 Å². The number of thioether (sulfide) groups is 1. The Morgan fingerprint density at radius 2 is 1.88 bits per heavy atom. The number of aryl methyl sites for hydroxylation is 1. The first-order valence-corrected chi connectivity index (χ1v) is 11.5. The third-order valence-electron chi connectivity index (χ3n) is 5.21. The molecule has 9 nitrogen and oxygen atoms in total. The fourth-order valence-corrected chi connectivity index (χ4v) is 4.33. The molecule has 1 aliphatic heterocycles. The van der Waals surface area contributed by atoms with Crippen molar-refractivity contribution in [2.24, 2.45) is 0 Å². The van der Waals surface area contributed by atoms with Crippen LogP contribution in [0.5, 0.6) is 0 Å². The number of carbonyl (C=O) groups excluding carboxylic acids is 2. The minimum absolute atomic E-state index is 0.00246. The fourth-order valence-electron chi connectivity index (χ4n) is 3.53. The van der Waals surface area contributed by atoms with E-state index in [1.165, 1.54) is 23.9 Å². The third-order valence-corrected chi connectivity index (χ3v) is 6.12. The van der Waals surface area contributed by atoms with Gasteiger partial charge in [0.05, 0.1) is 18.0 Å². The first kappa shape index (κ1) is 22.9. The van der Waals surface area contributed by atoms with E-state index in [0.717, 1.165) is 11.3 Å². The number of hydrogen-bond donors (Lipinski definition) is 1. The summed E-state index contributed by atoms with van der Waals surface area (Å²) in [6, 6.07) is 13.6. The Kier molecular flexibility index (Phi) is 7.30. The van der Waals surface area contributed by atoms with Crippen molar-refractivity contribution in [2.75, 3.05) is 43.8 Å². The number of halogens is 1. The van der Waals surface area contributed by atoms with E-state index in [0.29, 0.717) is 37.0 Å². The highest BCUT2D eigenvalue weighted by Crippen LogP contribution is 2.19. The van der Waals surface area contributed by atoms with E-state index in [9.17, 15) is 14.0 Å². The molecule has 1 fully saturated rings. The predicted octanol–water partition coefficient (Wildman–Crippen LogP) is 1.98. The topological polar surface area (TPSA) is 96.2 Å². The maximum absolute atomic E-state index is 13.3. The molecule has 4 rings (SSSR count). The van der Waals surface area contributed by atoms with Crippen molar-refractivity contribution in [3.8, 4) is 5.69 Å². The lowest BCUT2D eigenvalue weighted by Crippen LogP contribution is -2.50. The number of rotatable bonds is 7. The second-order valence-corrected chi connectivity index (χ2v) is 8.66. The monoisotopic (exact) mass is 469 g/mol. The molecule has 3 aromatic rings. The Morgan fingerprint density at radius 1 is 1.09 bits per heavy atom. The van der Waals surface area contributed by atoms with Crippen LogP contribution in [0.4, 0.5) is 10.1 Å². The van der Waals surface area contributed by atoms with Crippen LogP contribution < -0.4 is 5.32 Å². The molecule has 172 valence electrons. The number of amides is 2. The lowest BCUT2D eigenvalue weighted by molar-refractivity contribution is -0.130. The Balaban J connectivity index is 1.23. The molecule has 2 heterocycles. The van der Waals surface area contributed by atoms with Crippen molar-refractivity contribution >= 4 is 29.3 Å². The van der Waals surface area contributed by atoms with Gasteiger partial charge >= 0.3 is 0 Å². The maximum Gasteiger partial charge on any atom is 0.238 e. The molecule has 0 radical (unpaired) electrons. The number of benzene rings is 2. The van der Waals surface area contributed by atoms with Gasteiger partial charge in [0.15, 0.2) is 0 Å². The van der Waals surface area contributed by atoms with Crippen LogP contribution in [-0.2, 0) is 9.59 Å². The summed E-state index contributed by atoms with van der Waals surface area (Å²) in [5, 5.41) is 15.1. The van der Waals surface area contributed by atoms with Gasteiger partial charge in [0, 0.05) is 31.9 Å². The van der Waals surface area contributed by atoms with E-state index in [2.05, 4.69) is 20.8 Å². The second kappa shape index (κ2) is 10.5. The highest BCUT2D eigenvalue weighted by atomic mass is 32.2. The molecule has 0 spiro atoms. The average molecular weight is 470 g/mol. The van der Waals surface area contributed by atoms with E-state index >= 15 is 0 Å². The lowest BCUT2D eigenvalue weighted by atomic mass is 10.2. The largest absolute Gasteiger partial charge is 0.339 e. The van der Waals surface area contributed by atoms with Gasteiger partial charge in [0.2, 0.25) is 17.0 Å². The number of piperazine rings is 1. The second-order valence-electron chi connectivity index (χ2n) is 7.72. The molecule has 0 unspecified atom stereocenters. The summed E-state index contributed by atoms with van der Waals surface area (Å²) in [5.41, 5.74) is 2.37. The molecule has 2 aromatic carbocycles. The molecular formula is C22H24FN7O2S. The van der Waals surface area contributed by atoms with Gasteiger partial charge in [-0.05, 0) is 53.2 Å². The van der Waals surface area contributed by atoms with Gasteiger partial charge in [-0.3, -0.25) is 14.5 Å². The number of nitrogens with one attached hydrogen (secondary N) is 1. The molecule has 1 aliphatic rings. The van der Waals surface area contributed by atoms with Crippen LogP contribution in [0.3, 0.4) is 0 Å². The zero-order valence-electron chi connectivity index (χ0n) is 18.1. The molecular weight excluding hydrogens is 445 g/mol. The predicted molar refractivity (Wildman–Crippen MR) is 123 cm³/mol. The average Bonchev–Trinajstić information content (AvgIpc) is 3.26. The molecule has 11 heteroatoms. The lowest BCUT2D eigenvalue weighted by Gasteiger charge is -2.34. The molecule has 0 saturated carbocycles. The Morgan fingerprint density at radius 3 is 2.64 bits per heavy atom. The Hall–Kier alpha value is -3.31. The van der Waals surface area contributed by atoms with Crippen molar-refractivity contribution in [1.82, 2.24) is 30.0 Å². The summed E-state index contributed by atoms with van der Waals surface area (Å²) >= 11 is 1.30. The molecule has 0 aliphatic carbocycles. The normalized spacial score (nSPS) is 14.3. The number of nitrogens with zero attached hydrogens (tertiary/aromatic N) is 6. The van der Waals surface area contributed by atoms with Crippen LogP contribution >= 0.6 is 11.8 Å². The van der Waals surface area contributed by atoms with Crippen molar-refractivity contribution in [3.05, 3.63) is 59.9 Å². The Bertz CT molecular complexity index is 1130. The molecule has 2 amide bonds. The SMILES string of the molecule is Cc1cccc(-n2nnnc2SCC(=O)N2CCN(CC(=O)Nc3cccc(F)c3)CC2)c1. The Labute approximate surface area is 194 Å². The van der Waals surface area contributed by atoms with Gasteiger partial charge in [-0.25, -0.2) is 4.39 Å². The van der Waals surface area contributed by atoms with E-state index in [4.69, 9.17) is 0 Å². The van der Waals surface area contributed by atoms with Crippen LogP contribution in [0.2, 0.25) is 0 Å². The molecule has 33 heavy (non-hydrogen) atoms. The van der Waals surface area contributed by atoms with Gasteiger partial charge in [0.1, 0.15) is 5.82 Å². The molecule has 0 bridgehead atoms. The maximum atomic E-state index is 13.3. The zero-order valence-corrected chi connectivity index (χ0v) is 19.0. The number of aromatic nitrogens is 4. The summed E-state index contributed by atoms with van der Waals surface area (Å²) < 4.78 is 14.9. The van der Waals surface area contributed by atoms with Crippen molar-refractivity contribution in [2.45, 2.75) is 12.1 Å². The van der Waals surface area contributed by atoms with Gasteiger partial charge in [-0.2, -0.15) is 4.68 Å². The van der Waals surface area contributed by atoms with E-state index in [-0.39, 0.29) is 24.1 Å². The fraction of sp³-hybridized carbons (Fsp3) is 0.318. The summed E-state index contributed by atoms with van der Waals surface area (Å²) in [7, 11) is 0. The van der Waals surface area contributed by atoms with Gasteiger partial charge < -0.3 is 10.2 Å². The molecule has 1 N–H and O–H groups in total. The summed E-state index contributed by atoms with van der Waals surface area (Å²) in [5.74, 6) is -0.376. The van der Waals surface area contributed by atoms with Crippen molar-refractivity contribution in [1.29, 1.82) is 0 Å². The first-order chi connectivity index (χ1) is 16.0. The van der Waals surface area contributed by atoms with Gasteiger partial charge in [-0.15, -0.1) is 5.10 Å². The smallest absolute Gasteiger partial charge is 0.238 e. The number of carbonyl (C=O) groups is 2. The van der Waals surface area contributed by atoms with Gasteiger partial charge in [-0.1, -0.05) is 30.0 Å². The summed E-state index contributed by atoms with van der Waals surface area (Å²) in [4.78, 5) is 28.7. The number of hydrogen-bond acceptors (Lipinski definition) is 7. The van der Waals surface area contributed by atoms with Crippen LogP contribution in [0.1, 0.15) is 5.56 Å². The minimum Gasteiger partial charge on any atom is -0.339 e. The van der Waals surface area contributed by atoms with E-state index < -0.39 is 5.82 Å². The zero-order chi connectivity index (χ0) is 23.2. The first-order valence-electron chi connectivity index (χ1n) is 10.5. The molecule has 0 atom stereocenters. The van der Waals surface area contributed by atoms with Crippen molar-refractivity contribution in [3.63, 3.8) is 0 Å². The van der Waals surface area contributed by atoms with Crippen LogP contribution in [0.15, 0.2) is 53.7 Å². The third kappa shape index (κ3) is 6.14. The summed E-state index contributed by atoms with van der Waals surface area (Å²) in [6.07, 6.45) is 0.